The lowest BCUT2D eigenvalue weighted by molar-refractivity contribution is 0.357. The van der Waals surface area contributed by atoms with Crippen molar-refractivity contribution in [2.75, 3.05) is 19.6 Å². The number of hydrogen-bond donors (Lipinski definition) is 2. The van der Waals surface area contributed by atoms with E-state index in [9.17, 15) is 8.42 Å². The van der Waals surface area contributed by atoms with Gasteiger partial charge in [0.1, 0.15) is 4.90 Å². The van der Waals surface area contributed by atoms with Crippen molar-refractivity contribution in [1.82, 2.24) is 19.8 Å². The fourth-order valence-electron chi connectivity index (χ4n) is 2.42. The van der Waals surface area contributed by atoms with Crippen LogP contribution in [0.2, 0.25) is 0 Å². The summed E-state index contributed by atoms with van der Waals surface area (Å²) in [6.07, 6.45) is 5.22. The molecule has 2 N–H and O–H groups in total. The summed E-state index contributed by atoms with van der Waals surface area (Å²) in [5.74, 6) is 0.503. The van der Waals surface area contributed by atoms with E-state index >= 15 is 0 Å². The molecule has 1 aromatic heterocycles. The monoisotopic (exact) mass is 314 g/mol. The summed E-state index contributed by atoms with van der Waals surface area (Å²) in [5, 5.41) is 7.29. The Labute approximate surface area is 127 Å². The van der Waals surface area contributed by atoms with Crippen LogP contribution in [0.15, 0.2) is 17.3 Å². The minimum Gasteiger partial charge on any atom is -0.315 e. The summed E-state index contributed by atoms with van der Waals surface area (Å²) < 4.78 is 29.0. The Hall–Kier alpha value is -0.920. The highest BCUT2D eigenvalue weighted by Crippen LogP contribution is 2.51. The number of nitrogens with zero attached hydrogens (tertiary/aromatic N) is 2. The first kappa shape index (κ1) is 16.5. The third kappa shape index (κ3) is 4.05. The van der Waals surface area contributed by atoms with Crippen molar-refractivity contribution in [3.63, 3.8) is 0 Å². The van der Waals surface area contributed by atoms with Gasteiger partial charge < -0.3 is 5.32 Å². The third-order valence-electron chi connectivity index (χ3n) is 4.42. The van der Waals surface area contributed by atoms with Gasteiger partial charge in [0, 0.05) is 19.3 Å². The van der Waals surface area contributed by atoms with E-state index in [2.05, 4.69) is 29.0 Å². The quantitative estimate of drug-likeness (QED) is 0.672. The second-order valence-electron chi connectivity index (χ2n) is 6.13. The van der Waals surface area contributed by atoms with Crippen molar-refractivity contribution in [2.45, 2.75) is 45.1 Å². The highest BCUT2D eigenvalue weighted by Gasteiger charge is 2.45. The van der Waals surface area contributed by atoms with E-state index in [-0.39, 0.29) is 10.3 Å². The molecule has 6 nitrogen and oxygen atoms in total. The number of sulfonamides is 1. The molecule has 0 unspecified atom stereocenters. The zero-order valence-corrected chi connectivity index (χ0v) is 13.9. The second-order valence-corrected chi connectivity index (χ2v) is 7.90. The lowest BCUT2D eigenvalue weighted by Crippen LogP contribution is -2.32. The molecule has 0 saturated heterocycles. The molecular formula is C14H26N4O2S. The van der Waals surface area contributed by atoms with Crippen molar-refractivity contribution in [1.29, 1.82) is 0 Å². The van der Waals surface area contributed by atoms with Crippen LogP contribution in [0.3, 0.4) is 0 Å². The van der Waals surface area contributed by atoms with Crippen molar-refractivity contribution in [3.8, 4) is 0 Å². The average molecular weight is 314 g/mol. The summed E-state index contributed by atoms with van der Waals surface area (Å²) >= 11 is 0. The van der Waals surface area contributed by atoms with Gasteiger partial charge >= 0.3 is 0 Å². The molecule has 120 valence electrons. The summed E-state index contributed by atoms with van der Waals surface area (Å²) in [4.78, 5) is 0.249. The molecular weight excluding hydrogens is 288 g/mol. The van der Waals surface area contributed by atoms with Crippen LogP contribution in [0.1, 0.15) is 33.6 Å². The fraction of sp³-hybridized carbons (Fsp3) is 0.786. The summed E-state index contributed by atoms with van der Waals surface area (Å²) in [7, 11) is -3.45. The lowest BCUT2D eigenvalue weighted by atomic mass is 9.93. The predicted octanol–water partition coefficient (Wildman–Crippen LogP) is 1.21. The number of nitrogens with one attached hydrogen (secondary N) is 2. The minimum atomic E-state index is -3.45. The Morgan fingerprint density at radius 2 is 2.14 bits per heavy atom. The van der Waals surface area contributed by atoms with E-state index in [0.29, 0.717) is 19.0 Å². The number of hydrogen-bond acceptors (Lipinski definition) is 4. The SMILES string of the molecule is CCNCCn1cc(S(=O)(=O)NCC2(C(C)C)CC2)cn1. The average Bonchev–Trinajstić information content (AvgIpc) is 3.08. The van der Waals surface area contributed by atoms with E-state index in [0.717, 1.165) is 25.9 Å². The molecule has 0 aromatic carbocycles. The normalized spacial score (nSPS) is 17.3. The van der Waals surface area contributed by atoms with E-state index in [1.807, 2.05) is 6.92 Å². The van der Waals surface area contributed by atoms with E-state index in [1.165, 1.54) is 6.20 Å². The van der Waals surface area contributed by atoms with Crippen LogP contribution in [0.25, 0.3) is 0 Å². The molecule has 1 heterocycles. The van der Waals surface area contributed by atoms with Crippen LogP contribution in [-0.2, 0) is 16.6 Å². The molecule has 0 radical (unpaired) electrons. The lowest BCUT2D eigenvalue weighted by Gasteiger charge is -2.19. The van der Waals surface area contributed by atoms with Crippen molar-refractivity contribution < 1.29 is 8.42 Å². The largest absolute Gasteiger partial charge is 0.315 e. The molecule has 7 heteroatoms. The van der Waals surface area contributed by atoms with Crippen LogP contribution in [0.5, 0.6) is 0 Å². The predicted molar refractivity (Wildman–Crippen MR) is 82.5 cm³/mol. The first-order valence-electron chi connectivity index (χ1n) is 7.62. The number of aromatic nitrogens is 2. The van der Waals surface area contributed by atoms with Crippen LogP contribution < -0.4 is 10.0 Å². The molecule has 0 aliphatic heterocycles. The molecule has 1 fully saturated rings. The minimum absolute atomic E-state index is 0.161. The highest BCUT2D eigenvalue weighted by molar-refractivity contribution is 7.89. The van der Waals surface area contributed by atoms with Gasteiger partial charge in [0.15, 0.2) is 0 Å². The molecule has 0 spiro atoms. The summed E-state index contributed by atoms with van der Waals surface area (Å²) in [6, 6.07) is 0. The van der Waals surface area contributed by atoms with Gasteiger partial charge in [-0.15, -0.1) is 0 Å². The second kappa shape index (κ2) is 6.46. The molecule has 1 saturated carbocycles. The van der Waals surface area contributed by atoms with Crippen molar-refractivity contribution >= 4 is 10.0 Å². The summed E-state index contributed by atoms with van der Waals surface area (Å²) in [6.45, 7) is 9.20. The zero-order chi connectivity index (χ0) is 15.5. The topological polar surface area (TPSA) is 76.0 Å². The Bertz CT molecular complexity index is 561. The van der Waals surface area contributed by atoms with Crippen molar-refractivity contribution in [2.24, 2.45) is 11.3 Å². The number of likely N-dealkylation sites (N-methyl/N-ethyl adjacent to an activating group) is 1. The Kier molecular flexibility index (Phi) is 5.06. The van der Waals surface area contributed by atoms with Gasteiger partial charge in [0.2, 0.25) is 10.0 Å². The van der Waals surface area contributed by atoms with Gasteiger partial charge in [0.05, 0.1) is 12.7 Å². The zero-order valence-electron chi connectivity index (χ0n) is 13.1. The fourth-order valence-corrected chi connectivity index (χ4v) is 3.51. The van der Waals surface area contributed by atoms with E-state index < -0.39 is 10.0 Å². The van der Waals surface area contributed by atoms with Crippen LogP contribution >= 0.6 is 0 Å². The van der Waals surface area contributed by atoms with Gasteiger partial charge in [-0.05, 0) is 30.7 Å². The van der Waals surface area contributed by atoms with Crippen LogP contribution in [0.4, 0.5) is 0 Å². The van der Waals surface area contributed by atoms with Crippen molar-refractivity contribution in [3.05, 3.63) is 12.4 Å². The van der Waals surface area contributed by atoms with E-state index in [1.54, 1.807) is 10.9 Å². The first-order valence-corrected chi connectivity index (χ1v) is 9.11. The molecule has 1 aliphatic carbocycles. The Morgan fingerprint density at radius 3 is 2.71 bits per heavy atom. The molecule has 1 aromatic rings. The maximum atomic E-state index is 12.3. The molecule has 1 aliphatic rings. The first-order chi connectivity index (χ1) is 9.89. The third-order valence-corrected chi connectivity index (χ3v) is 5.77. The maximum absolute atomic E-state index is 12.3. The van der Waals surface area contributed by atoms with Gasteiger partial charge in [-0.2, -0.15) is 5.10 Å². The van der Waals surface area contributed by atoms with Crippen LogP contribution in [-0.4, -0.2) is 37.8 Å². The Morgan fingerprint density at radius 1 is 1.43 bits per heavy atom. The maximum Gasteiger partial charge on any atom is 0.243 e. The van der Waals surface area contributed by atoms with Gasteiger partial charge in [0.25, 0.3) is 0 Å². The molecule has 0 bridgehead atoms. The summed E-state index contributed by atoms with van der Waals surface area (Å²) in [5.41, 5.74) is 0.161. The highest BCUT2D eigenvalue weighted by atomic mass is 32.2. The number of rotatable bonds is 9. The molecule has 2 rings (SSSR count). The van der Waals surface area contributed by atoms with E-state index in [4.69, 9.17) is 0 Å². The van der Waals surface area contributed by atoms with Gasteiger partial charge in [-0.3, -0.25) is 4.68 Å². The molecule has 0 atom stereocenters. The van der Waals surface area contributed by atoms with Gasteiger partial charge in [-0.1, -0.05) is 20.8 Å². The standard InChI is InChI=1S/C14H26N4O2S/c1-4-15-7-8-18-10-13(9-16-18)21(19,20)17-11-14(5-6-14)12(2)3/h9-10,12,15,17H,4-8,11H2,1-3H3. The molecule has 21 heavy (non-hydrogen) atoms. The van der Waals surface area contributed by atoms with Crippen LogP contribution in [0, 0.1) is 11.3 Å². The van der Waals surface area contributed by atoms with Gasteiger partial charge in [-0.25, -0.2) is 13.1 Å². The molecule has 0 amide bonds. The smallest absolute Gasteiger partial charge is 0.243 e. The Balaban J connectivity index is 1.93.